The van der Waals surface area contributed by atoms with Crippen LogP contribution in [0.1, 0.15) is 10.4 Å². The number of ether oxygens (including phenoxy) is 1. The number of anilines is 1. The summed E-state index contributed by atoms with van der Waals surface area (Å²) in [5.41, 5.74) is 0.712. The van der Waals surface area contributed by atoms with Crippen molar-refractivity contribution in [1.29, 1.82) is 0 Å². The van der Waals surface area contributed by atoms with Crippen molar-refractivity contribution < 1.29 is 13.9 Å². The molecule has 0 fully saturated rings. The lowest BCUT2D eigenvalue weighted by molar-refractivity contribution is 0.102. The van der Waals surface area contributed by atoms with Crippen LogP contribution in [0.25, 0.3) is 5.82 Å². The summed E-state index contributed by atoms with van der Waals surface area (Å²) in [7, 11) is 0. The van der Waals surface area contributed by atoms with Gasteiger partial charge in [0.05, 0.1) is 10.6 Å². The number of carbonyl (C=O) groups is 1. The normalized spacial score (nSPS) is 10.6. The first-order chi connectivity index (χ1) is 14.1. The van der Waals surface area contributed by atoms with Crippen LogP contribution in [0.15, 0.2) is 73.1 Å². The fourth-order valence-electron chi connectivity index (χ4n) is 2.49. The van der Waals surface area contributed by atoms with E-state index in [-0.39, 0.29) is 10.6 Å². The molecule has 0 saturated carbocycles. The largest absolute Gasteiger partial charge is 0.438 e. The van der Waals surface area contributed by atoms with E-state index >= 15 is 0 Å². The Morgan fingerprint density at radius 3 is 2.55 bits per heavy atom. The molecule has 0 aliphatic rings. The summed E-state index contributed by atoms with van der Waals surface area (Å²) < 4.78 is 20.3. The molecule has 1 amide bonds. The minimum Gasteiger partial charge on any atom is -0.438 e. The molecule has 1 N–H and O–H groups in total. The highest BCUT2D eigenvalue weighted by molar-refractivity contribution is 6.34. The number of nitrogens with one attached hydrogen (secondary N) is 1. The van der Waals surface area contributed by atoms with Gasteiger partial charge in [-0.05, 0) is 54.6 Å². The van der Waals surface area contributed by atoms with Gasteiger partial charge in [-0.15, -0.1) is 10.2 Å². The Hall–Kier alpha value is -3.78. The molecular formula is C20H13ClFN5O2. The van der Waals surface area contributed by atoms with Gasteiger partial charge in [0.2, 0.25) is 5.88 Å². The van der Waals surface area contributed by atoms with Gasteiger partial charge in [0.1, 0.15) is 11.6 Å². The lowest BCUT2D eigenvalue weighted by atomic mass is 10.2. The van der Waals surface area contributed by atoms with Crippen molar-refractivity contribution in [2.45, 2.75) is 0 Å². The highest BCUT2D eigenvalue weighted by Crippen LogP contribution is 2.23. The first-order valence-electron chi connectivity index (χ1n) is 8.46. The Morgan fingerprint density at radius 1 is 1.07 bits per heavy atom. The zero-order valence-electron chi connectivity index (χ0n) is 14.8. The van der Waals surface area contributed by atoms with Crippen molar-refractivity contribution in [1.82, 2.24) is 20.0 Å². The predicted octanol–water partition coefficient (Wildman–Crippen LogP) is 4.50. The van der Waals surface area contributed by atoms with Gasteiger partial charge < -0.3 is 10.1 Å². The van der Waals surface area contributed by atoms with Gasteiger partial charge in [0.25, 0.3) is 5.91 Å². The molecule has 0 saturated heterocycles. The van der Waals surface area contributed by atoms with Gasteiger partial charge in [0, 0.05) is 24.1 Å². The average molecular weight is 410 g/mol. The molecule has 0 atom stereocenters. The molecule has 2 aromatic carbocycles. The van der Waals surface area contributed by atoms with E-state index in [9.17, 15) is 9.18 Å². The lowest BCUT2D eigenvalue weighted by Crippen LogP contribution is -2.12. The van der Waals surface area contributed by atoms with Crippen LogP contribution in [-0.4, -0.2) is 25.9 Å². The Kier molecular flexibility index (Phi) is 5.17. The molecule has 0 bridgehead atoms. The van der Waals surface area contributed by atoms with Crippen molar-refractivity contribution >= 4 is 23.2 Å². The summed E-state index contributed by atoms with van der Waals surface area (Å²) in [5, 5.41) is 14.9. The average Bonchev–Trinajstić information content (AvgIpc) is 3.25. The third kappa shape index (κ3) is 4.39. The molecular weight excluding hydrogens is 397 g/mol. The standard InChI is InChI=1S/C20H13ClFN5O2/c21-17-12-13(22)2-7-16(17)20(28)24-14-3-5-15(6-4-14)29-19-9-8-18(25-26-19)27-11-1-10-23-27/h1-12H,(H,24,28). The maximum atomic E-state index is 13.1. The molecule has 29 heavy (non-hydrogen) atoms. The molecule has 4 aromatic rings. The van der Waals surface area contributed by atoms with Crippen LogP contribution in [0.4, 0.5) is 10.1 Å². The quantitative estimate of drug-likeness (QED) is 0.524. The van der Waals surface area contributed by atoms with E-state index in [1.165, 1.54) is 12.1 Å². The Balaban J connectivity index is 1.40. The van der Waals surface area contributed by atoms with Gasteiger partial charge in [-0.1, -0.05) is 11.6 Å². The zero-order chi connectivity index (χ0) is 20.2. The van der Waals surface area contributed by atoms with Crippen molar-refractivity contribution in [2.75, 3.05) is 5.32 Å². The number of aromatic nitrogens is 4. The summed E-state index contributed by atoms with van der Waals surface area (Å²) in [4.78, 5) is 12.3. The molecule has 7 nitrogen and oxygen atoms in total. The minimum atomic E-state index is -0.506. The fourth-order valence-corrected chi connectivity index (χ4v) is 2.75. The van der Waals surface area contributed by atoms with Gasteiger partial charge in [-0.2, -0.15) is 5.10 Å². The number of nitrogens with zero attached hydrogens (tertiary/aromatic N) is 4. The molecule has 2 aromatic heterocycles. The van der Waals surface area contributed by atoms with Crippen LogP contribution < -0.4 is 10.1 Å². The predicted molar refractivity (Wildman–Crippen MR) is 105 cm³/mol. The molecule has 2 heterocycles. The van der Waals surface area contributed by atoms with E-state index in [1.807, 2.05) is 0 Å². The van der Waals surface area contributed by atoms with Crippen molar-refractivity contribution in [3.05, 3.63) is 89.5 Å². The Labute approximate surface area is 169 Å². The molecule has 0 unspecified atom stereocenters. The number of benzene rings is 2. The maximum Gasteiger partial charge on any atom is 0.257 e. The summed E-state index contributed by atoms with van der Waals surface area (Å²) in [6, 6.07) is 15.5. The van der Waals surface area contributed by atoms with Crippen LogP contribution in [0, 0.1) is 5.82 Å². The summed E-state index contributed by atoms with van der Waals surface area (Å²) in [6.07, 6.45) is 3.41. The number of hydrogen-bond donors (Lipinski definition) is 1. The van der Waals surface area contributed by atoms with Gasteiger partial charge in [0.15, 0.2) is 5.82 Å². The molecule has 0 spiro atoms. The number of amides is 1. The summed E-state index contributed by atoms with van der Waals surface area (Å²) in [6.45, 7) is 0. The topological polar surface area (TPSA) is 81.9 Å². The van der Waals surface area contributed by atoms with E-state index in [2.05, 4.69) is 20.6 Å². The second kappa shape index (κ2) is 8.07. The SMILES string of the molecule is O=C(Nc1ccc(Oc2ccc(-n3cccn3)nn2)cc1)c1ccc(F)cc1Cl. The third-order valence-electron chi connectivity index (χ3n) is 3.88. The molecule has 4 rings (SSSR count). The van der Waals surface area contributed by atoms with E-state index in [0.29, 0.717) is 23.1 Å². The molecule has 9 heteroatoms. The fraction of sp³-hybridized carbons (Fsp3) is 0. The van der Waals surface area contributed by atoms with Crippen LogP contribution in [-0.2, 0) is 0 Å². The second-order valence-corrected chi connectivity index (χ2v) is 6.29. The molecule has 0 aliphatic carbocycles. The molecule has 0 aliphatic heterocycles. The Morgan fingerprint density at radius 2 is 1.90 bits per heavy atom. The van der Waals surface area contributed by atoms with E-state index < -0.39 is 11.7 Å². The van der Waals surface area contributed by atoms with Crippen LogP contribution >= 0.6 is 11.6 Å². The monoisotopic (exact) mass is 409 g/mol. The van der Waals surface area contributed by atoms with Crippen LogP contribution in [0.3, 0.4) is 0 Å². The highest BCUT2D eigenvalue weighted by Gasteiger charge is 2.11. The second-order valence-electron chi connectivity index (χ2n) is 5.89. The first-order valence-corrected chi connectivity index (χ1v) is 8.84. The number of halogens is 2. The highest BCUT2D eigenvalue weighted by atomic mass is 35.5. The van der Waals surface area contributed by atoms with Gasteiger partial charge in [-0.25, -0.2) is 9.07 Å². The molecule has 0 radical (unpaired) electrons. The van der Waals surface area contributed by atoms with Crippen molar-refractivity contribution in [3.63, 3.8) is 0 Å². The third-order valence-corrected chi connectivity index (χ3v) is 4.19. The smallest absolute Gasteiger partial charge is 0.257 e. The zero-order valence-corrected chi connectivity index (χ0v) is 15.5. The summed E-state index contributed by atoms with van der Waals surface area (Å²) in [5.74, 6) is 0.456. The van der Waals surface area contributed by atoms with E-state index in [0.717, 1.165) is 6.07 Å². The minimum absolute atomic E-state index is 0.0413. The van der Waals surface area contributed by atoms with Crippen molar-refractivity contribution in [2.24, 2.45) is 0 Å². The van der Waals surface area contributed by atoms with Crippen LogP contribution in [0.5, 0.6) is 11.6 Å². The number of carbonyl (C=O) groups excluding carboxylic acids is 1. The van der Waals surface area contributed by atoms with Crippen molar-refractivity contribution in [3.8, 4) is 17.4 Å². The van der Waals surface area contributed by atoms with Gasteiger partial charge in [-0.3, -0.25) is 4.79 Å². The first kappa shape index (κ1) is 18.6. The van der Waals surface area contributed by atoms with E-state index in [1.54, 1.807) is 59.5 Å². The number of rotatable bonds is 5. The van der Waals surface area contributed by atoms with Crippen LogP contribution in [0.2, 0.25) is 5.02 Å². The summed E-state index contributed by atoms with van der Waals surface area (Å²) >= 11 is 5.91. The lowest BCUT2D eigenvalue weighted by Gasteiger charge is -2.08. The molecule has 144 valence electrons. The maximum absolute atomic E-state index is 13.1. The number of hydrogen-bond acceptors (Lipinski definition) is 5. The Bertz CT molecular complexity index is 1130. The van der Waals surface area contributed by atoms with E-state index in [4.69, 9.17) is 16.3 Å². The van der Waals surface area contributed by atoms with Gasteiger partial charge >= 0.3 is 0 Å².